The summed E-state index contributed by atoms with van der Waals surface area (Å²) in [6, 6.07) is 2.86. The summed E-state index contributed by atoms with van der Waals surface area (Å²) in [5.74, 6) is -0.329. The van der Waals surface area contributed by atoms with E-state index in [1.165, 1.54) is 35.6 Å². The average molecular weight is 355 g/mol. The lowest BCUT2D eigenvalue weighted by Crippen LogP contribution is -2.26. The molecule has 0 bridgehead atoms. The standard InChI is InChI=1S/C17H20F3N3O2/c18-17(19,20)14-11-23-10-12(6-7-15(23)22-14)16(24)21-8-3-9-25-13-4-1-2-5-13/h6-7,10-11,13H,1-5,8-9H2,(H,21,24). The minimum Gasteiger partial charge on any atom is -0.378 e. The molecule has 136 valence electrons. The molecule has 1 amide bonds. The predicted octanol–water partition coefficient (Wildman–Crippen LogP) is 3.43. The van der Waals surface area contributed by atoms with Crippen LogP contribution in [-0.4, -0.2) is 34.5 Å². The van der Waals surface area contributed by atoms with Gasteiger partial charge in [0, 0.05) is 25.5 Å². The van der Waals surface area contributed by atoms with Gasteiger partial charge in [0.2, 0.25) is 0 Å². The van der Waals surface area contributed by atoms with Crippen LogP contribution in [-0.2, 0) is 10.9 Å². The highest BCUT2D eigenvalue weighted by atomic mass is 19.4. The molecule has 2 heterocycles. The summed E-state index contributed by atoms with van der Waals surface area (Å²) in [7, 11) is 0. The second kappa shape index (κ2) is 7.43. The minimum atomic E-state index is -4.51. The molecule has 0 saturated heterocycles. The number of imidazole rings is 1. The fourth-order valence-electron chi connectivity index (χ4n) is 2.94. The third-order valence-corrected chi connectivity index (χ3v) is 4.27. The lowest BCUT2D eigenvalue weighted by molar-refractivity contribution is -0.140. The van der Waals surface area contributed by atoms with E-state index >= 15 is 0 Å². The molecule has 0 atom stereocenters. The van der Waals surface area contributed by atoms with E-state index in [-0.39, 0.29) is 17.1 Å². The normalized spacial score (nSPS) is 15.8. The maximum Gasteiger partial charge on any atom is 0.434 e. The van der Waals surface area contributed by atoms with Crippen LogP contribution in [0.2, 0.25) is 0 Å². The summed E-state index contributed by atoms with van der Waals surface area (Å²) in [5.41, 5.74) is -0.543. The number of nitrogens with zero attached hydrogens (tertiary/aromatic N) is 2. The number of amides is 1. The zero-order chi connectivity index (χ0) is 17.9. The molecule has 0 radical (unpaired) electrons. The molecule has 3 rings (SSSR count). The third-order valence-electron chi connectivity index (χ3n) is 4.27. The molecule has 1 aliphatic rings. The topological polar surface area (TPSA) is 55.6 Å². The van der Waals surface area contributed by atoms with Crippen molar-refractivity contribution in [2.24, 2.45) is 0 Å². The number of nitrogens with one attached hydrogen (secondary N) is 1. The Bertz CT molecular complexity index is 736. The van der Waals surface area contributed by atoms with Crippen molar-refractivity contribution in [2.45, 2.75) is 44.4 Å². The molecule has 0 aromatic carbocycles. The Balaban J connectivity index is 1.51. The molecular formula is C17H20F3N3O2. The SMILES string of the molecule is O=C(NCCCOC1CCCC1)c1ccc2nc(C(F)(F)F)cn2c1. The second-order valence-electron chi connectivity index (χ2n) is 6.19. The number of carbonyl (C=O) groups is 1. The molecule has 0 spiro atoms. The van der Waals surface area contributed by atoms with Gasteiger partial charge in [-0.2, -0.15) is 13.2 Å². The van der Waals surface area contributed by atoms with Crippen LogP contribution in [0.15, 0.2) is 24.5 Å². The number of pyridine rings is 1. The Kier molecular flexibility index (Phi) is 5.27. The summed E-state index contributed by atoms with van der Waals surface area (Å²) in [5, 5.41) is 2.75. The number of alkyl halides is 3. The van der Waals surface area contributed by atoms with E-state index in [0.717, 1.165) is 19.0 Å². The summed E-state index contributed by atoms with van der Waals surface area (Å²) in [6.45, 7) is 1.06. The van der Waals surface area contributed by atoms with Gasteiger partial charge in [0.15, 0.2) is 5.69 Å². The summed E-state index contributed by atoms with van der Waals surface area (Å²) in [4.78, 5) is 15.6. The predicted molar refractivity (Wildman–Crippen MR) is 85.4 cm³/mol. The van der Waals surface area contributed by atoms with E-state index in [1.807, 2.05) is 0 Å². The van der Waals surface area contributed by atoms with E-state index in [4.69, 9.17) is 4.74 Å². The summed E-state index contributed by atoms with van der Waals surface area (Å²) >= 11 is 0. The van der Waals surface area contributed by atoms with Crippen LogP contribution in [0.5, 0.6) is 0 Å². The first-order valence-corrected chi connectivity index (χ1v) is 8.39. The van der Waals surface area contributed by atoms with Crippen LogP contribution in [0.25, 0.3) is 5.65 Å². The van der Waals surface area contributed by atoms with Crippen LogP contribution in [0.1, 0.15) is 48.2 Å². The first-order chi connectivity index (χ1) is 11.9. The number of aromatic nitrogens is 2. The zero-order valence-electron chi connectivity index (χ0n) is 13.7. The number of rotatable bonds is 6. The van der Waals surface area contributed by atoms with Gasteiger partial charge in [0.1, 0.15) is 5.65 Å². The average Bonchev–Trinajstić information content (AvgIpc) is 3.22. The van der Waals surface area contributed by atoms with Crippen LogP contribution in [0.3, 0.4) is 0 Å². The monoisotopic (exact) mass is 355 g/mol. The van der Waals surface area contributed by atoms with Crippen molar-refractivity contribution in [1.82, 2.24) is 14.7 Å². The molecule has 2 aromatic rings. The van der Waals surface area contributed by atoms with Crippen LogP contribution in [0, 0.1) is 0 Å². The fraction of sp³-hybridized carbons (Fsp3) is 0.529. The van der Waals surface area contributed by atoms with Crippen molar-refractivity contribution in [3.8, 4) is 0 Å². The van der Waals surface area contributed by atoms with E-state index in [2.05, 4.69) is 10.3 Å². The van der Waals surface area contributed by atoms with E-state index in [9.17, 15) is 18.0 Å². The van der Waals surface area contributed by atoms with Crippen LogP contribution in [0.4, 0.5) is 13.2 Å². The number of ether oxygens (including phenoxy) is 1. The van der Waals surface area contributed by atoms with Gasteiger partial charge in [-0.15, -0.1) is 0 Å². The van der Waals surface area contributed by atoms with Crippen molar-refractivity contribution in [3.05, 3.63) is 35.8 Å². The zero-order valence-corrected chi connectivity index (χ0v) is 13.7. The molecule has 0 unspecified atom stereocenters. The first-order valence-electron chi connectivity index (χ1n) is 8.39. The van der Waals surface area contributed by atoms with Gasteiger partial charge >= 0.3 is 6.18 Å². The highest BCUT2D eigenvalue weighted by molar-refractivity contribution is 5.94. The van der Waals surface area contributed by atoms with Crippen molar-refractivity contribution in [1.29, 1.82) is 0 Å². The first kappa shape index (κ1) is 17.7. The molecule has 25 heavy (non-hydrogen) atoms. The van der Waals surface area contributed by atoms with Crippen LogP contribution < -0.4 is 5.32 Å². The molecule has 2 aromatic heterocycles. The molecule has 1 saturated carbocycles. The quantitative estimate of drug-likeness (QED) is 0.808. The number of halogens is 3. The van der Waals surface area contributed by atoms with Crippen molar-refractivity contribution in [2.75, 3.05) is 13.2 Å². The Labute approximate surface area is 143 Å². The highest BCUT2D eigenvalue weighted by Gasteiger charge is 2.33. The second-order valence-corrected chi connectivity index (χ2v) is 6.19. The number of fused-ring (bicyclic) bond motifs is 1. The highest BCUT2D eigenvalue weighted by Crippen LogP contribution is 2.28. The van der Waals surface area contributed by atoms with Gasteiger partial charge < -0.3 is 14.5 Å². The molecule has 5 nitrogen and oxygen atoms in total. The minimum absolute atomic E-state index is 0.147. The molecule has 0 aliphatic heterocycles. The lowest BCUT2D eigenvalue weighted by atomic mass is 10.2. The molecule has 1 aliphatic carbocycles. The number of hydrogen-bond donors (Lipinski definition) is 1. The Morgan fingerprint density at radius 3 is 2.76 bits per heavy atom. The number of hydrogen-bond acceptors (Lipinski definition) is 3. The lowest BCUT2D eigenvalue weighted by Gasteiger charge is -2.11. The molecule has 1 N–H and O–H groups in total. The molecular weight excluding hydrogens is 335 g/mol. The molecule has 8 heteroatoms. The van der Waals surface area contributed by atoms with E-state index in [1.54, 1.807) is 0 Å². The van der Waals surface area contributed by atoms with Crippen molar-refractivity contribution in [3.63, 3.8) is 0 Å². The van der Waals surface area contributed by atoms with E-state index < -0.39 is 11.9 Å². The smallest absolute Gasteiger partial charge is 0.378 e. The van der Waals surface area contributed by atoms with Gasteiger partial charge in [0.25, 0.3) is 5.91 Å². The maximum absolute atomic E-state index is 12.7. The van der Waals surface area contributed by atoms with Gasteiger partial charge in [-0.25, -0.2) is 4.98 Å². The summed E-state index contributed by atoms with van der Waals surface area (Å²) < 4.78 is 44.9. The van der Waals surface area contributed by atoms with E-state index in [0.29, 0.717) is 25.7 Å². The van der Waals surface area contributed by atoms with Gasteiger partial charge in [0.05, 0.1) is 11.7 Å². The van der Waals surface area contributed by atoms with Crippen molar-refractivity contribution < 1.29 is 22.7 Å². The van der Waals surface area contributed by atoms with Gasteiger partial charge in [-0.3, -0.25) is 4.79 Å². The Morgan fingerprint density at radius 2 is 2.04 bits per heavy atom. The van der Waals surface area contributed by atoms with Crippen LogP contribution >= 0.6 is 0 Å². The van der Waals surface area contributed by atoms with Gasteiger partial charge in [-0.1, -0.05) is 12.8 Å². The third kappa shape index (κ3) is 4.50. The fourth-order valence-corrected chi connectivity index (χ4v) is 2.94. The number of carbonyl (C=O) groups excluding carboxylic acids is 1. The van der Waals surface area contributed by atoms with Crippen molar-refractivity contribution >= 4 is 11.6 Å². The maximum atomic E-state index is 12.7. The molecule has 1 fully saturated rings. The van der Waals surface area contributed by atoms with Gasteiger partial charge in [-0.05, 0) is 31.4 Å². The Morgan fingerprint density at radius 1 is 1.28 bits per heavy atom. The summed E-state index contributed by atoms with van der Waals surface area (Å²) in [6.07, 6.45) is 3.42. The largest absolute Gasteiger partial charge is 0.434 e. The Hall–Kier alpha value is -2.09.